The van der Waals surface area contributed by atoms with E-state index in [0.29, 0.717) is 39.0 Å². The number of H-pyrrole nitrogens is 1. The molecule has 28 heavy (non-hydrogen) atoms. The third kappa shape index (κ3) is 6.85. The lowest BCUT2D eigenvalue weighted by molar-refractivity contribution is 0.629. The molecule has 0 atom stereocenters. The van der Waals surface area contributed by atoms with Crippen molar-refractivity contribution < 1.29 is 4.39 Å². The van der Waals surface area contributed by atoms with Crippen LogP contribution in [0.25, 0.3) is 22.4 Å². The molecule has 3 aromatic rings. The van der Waals surface area contributed by atoms with Gasteiger partial charge in [0.1, 0.15) is 17.5 Å². The highest BCUT2D eigenvalue weighted by Crippen LogP contribution is 2.32. The van der Waals surface area contributed by atoms with Gasteiger partial charge in [-0.1, -0.05) is 58.6 Å². The van der Waals surface area contributed by atoms with Crippen molar-refractivity contribution in [3.05, 3.63) is 47.4 Å². The molecule has 0 saturated heterocycles. The van der Waals surface area contributed by atoms with Crippen molar-refractivity contribution in [3.63, 3.8) is 0 Å². The van der Waals surface area contributed by atoms with Gasteiger partial charge in [0.25, 0.3) is 0 Å². The van der Waals surface area contributed by atoms with Crippen molar-refractivity contribution in [2.75, 3.05) is 11.5 Å². The SMILES string of the molecule is CC.CCCCC.Nc1cc(-c2cc(F)cc(-c3cc(N)n[nH]3)c2)c(Cl)cn1. The number of unbranched alkanes of at least 4 members (excludes halogenated alkanes) is 2. The summed E-state index contributed by atoms with van der Waals surface area (Å²) in [7, 11) is 0. The second-order valence-electron chi connectivity index (χ2n) is 5.88. The van der Waals surface area contributed by atoms with Crippen molar-refractivity contribution in [1.82, 2.24) is 15.2 Å². The van der Waals surface area contributed by atoms with E-state index in [1.165, 1.54) is 37.6 Å². The smallest absolute Gasteiger partial charge is 0.145 e. The van der Waals surface area contributed by atoms with Crippen LogP contribution in [0.4, 0.5) is 16.0 Å². The normalized spacial score (nSPS) is 9.79. The Morgan fingerprint density at radius 1 is 0.964 bits per heavy atom. The number of aromatic amines is 1. The number of aromatic nitrogens is 3. The van der Waals surface area contributed by atoms with Crippen LogP contribution in [0, 0.1) is 5.82 Å². The van der Waals surface area contributed by atoms with Gasteiger partial charge in [0.15, 0.2) is 0 Å². The number of nitrogen functional groups attached to an aromatic ring is 2. The average Bonchev–Trinajstić information content (AvgIpc) is 3.12. The molecule has 5 N–H and O–H groups in total. The number of hydrogen-bond donors (Lipinski definition) is 3. The number of nitrogens with zero attached hydrogens (tertiary/aromatic N) is 2. The van der Waals surface area contributed by atoms with Crippen LogP contribution in [-0.4, -0.2) is 15.2 Å². The average molecular weight is 406 g/mol. The number of halogens is 2. The van der Waals surface area contributed by atoms with Crippen LogP contribution in [0.3, 0.4) is 0 Å². The Balaban J connectivity index is 0.000000490. The number of benzene rings is 1. The van der Waals surface area contributed by atoms with Gasteiger partial charge in [-0.2, -0.15) is 5.10 Å². The summed E-state index contributed by atoms with van der Waals surface area (Å²) in [5.74, 6) is 0.245. The highest BCUT2D eigenvalue weighted by atomic mass is 35.5. The fraction of sp³-hybridized carbons (Fsp3) is 0.333. The van der Waals surface area contributed by atoms with Crippen LogP contribution >= 0.6 is 11.6 Å². The van der Waals surface area contributed by atoms with Crippen LogP contribution < -0.4 is 11.5 Å². The van der Waals surface area contributed by atoms with Crippen LogP contribution in [0.15, 0.2) is 36.5 Å². The van der Waals surface area contributed by atoms with Gasteiger partial charge in [-0.25, -0.2) is 9.37 Å². The highest BCUT2D eigenvalue weighted by molar-refractivity contribution is 6.33. The summed E-state index contributed by atoms with van der Waals surface area (Å²) in [5, 5.41) is 6.97. The zero-order chi connectivity index (χ0) is 21.1. The molecule has 0 aliphatic heterocycles. The van der Waals surface area contributed by atoms with Crippen molar-refractivity contribution in [3.8, 4) is 22.4 Å². The van der Waals surface area contributed by atoms with Crippen molar-refractivity contribution in [2.24, 2.45) is 0 Å². The molecule has 7 heteroatoms. The number of hydrogen-bond acceptors (Lipinski definition) is 4. The number of pyridine rings is 1. The Morgan fingerprint density at radius 2 is 1.61 bits per heavy atom. The lowest BCUT2D eigenvalue weighted by Crippen LogP contribution is -1.92. The Kier molecular flexibility index (Phi) is 10.0. The Bertz CT molecular complexity index is 862. The van der Waals surface area contributed by atoms with Crippen LogP contribution in [0.1, 0.15) is 47.0 Å². The predicted molar refractivity (Wildman–Crippen MR) is 118 cm³/mol. The second-order valence-corrected chi connectivity index (χ2v) is 6.28. The molecule has 0 unspecified atom stereocenters. The van der Waals surface area contributed by atoms with Crippen molar-refractivity contribution in [2.45, 2.75) is 47.0 Å². The first-order valence-corrected chi connectivity index (χ1v) is 9.85. The number of anilines is 2. The topological polar surface area (TPSA) is 93.6 Å². The quantitative estimate of drug-likeness (QED) is 0.473. The molecule has 0 radical (unpaired) electrons. The molecule has 0 spiro atoms. The summed E-state index contributed by atoms with van der Waals surface area (Å²) in [6, 6.07) is 7.76. The van der Waals surface area contributed by atoms with E-state index in [4.69, 9.17) is 23.1 Å². The monoisotopic (exact) mass is 405 g/mol. The van der Waals surface area contributed by atoms with E-state index in [1.807, 2.05) is 13.8 Å². The molecule has 1 aromatic carbocycles. The van der Waals surface area contributed by atoms with Crippen LogP contribution in [-0.2, 0) is 0 Å². The lowest BCUT2D eigenvalue weighted by atomic mass is 10.0. The molecule has 0 bridgehead atoms. The number of nitrogens with one attached hydrogen (secondary N) is 1. The standard InChI is InChI=1S/C14H11ClFN5.C5H12.C2H6/c15-11-6-19-13(17)4-10(11)7-1-8(3-9(16)2-7)12-5-14(18)21-20-12;1-3-5-4-2;1-2/h1-6H,(H2,17,19)(H3,18,20,21);3-5H2,1-2H3;1-2H3. The van der Waals surface area contributed by atoms with Crippen LogP contribution in [0.5, 0.6) is 0 Å². The second kappa shape index (κ2) is 12.0. The highest BCUT2D eigenvalue weighted by Gasteiger charge is 2.10. The summed E-state index contributed by atoms with van der Waals surface area (Å²) in [4.78, 5) is 3.89. The zero-order valence-corrected chi connectivity index (χ0v) is 17.6. The summed E-state index contributed by atoms with van der Waals surface area (Å²) < 4.78 is 13.9. The van der Waals surface area contributed by atoms with Gasteiger partial charge in [0.05, 0.1) is 10.7 Å². The third-order valence-electron chi connectivity index (χ3n) is 3.70. The van der Waals surface area contributed by atoms with Gasteiger partial charge < -0.3 is 11.5 Å². The fourth-order valence-electron chi connectivity index (χ4n) is 2.42. The van der Waals surface area contributed by atoms with Crippen LogP contribution in [0.2, 0.25) is 5.02 Å². The van der Waals surface area contributed by atoms with Crippen molar-refractivity contribution in [1.29, 1.82) is 0 Å². The minimum Gasteiger partial charge on any atom is -0.384 e. The van der Waals surface area contributed by atoms with E-state index in [0.717, 1.165) is 0 Å². The van der Waals surface area contributed by atoms with E-state index in [2.05, 4.69) is 29.0 Å². The molecule has 3 rings (SSSR count). The number of nitrogens with two attached hydrogens (primary N) is 2. The molecule has 5 nitrogen and oxygen atoms in total. The maximum absolute atomic E-state index is 13.9. The van der Waals surface area contributed by atoms with E-state index < -0.39 is 5.82 Å². The minimum atomic E-state index is -0.401. The maximum atomic E-state index is 13.9. The van der Waals surface area contributed by atoms with Gasteiger partial charge >= 0.3 is 0 Å². The first-order valence-electron chi connectivity index (χ1n) is 9.47. The predicted octanol–water partition coefficient (Wildman–Crippen LogP) is 6.32. The lowest BCUT2D eigenvalue weighted by Gasteiger charge is -2.08. The van der Waals surface area contributed by atoms with Gasteiger partial charge in [-0.15, -0.1) is 0 Å². The molecule has 2 aromatic heterocycles. The van der Waals surface area contributed by atoms with Gasteiger partial charge in [-0.3, -0.25) is 5.10 Å². The summed E-state index contributed by atoms with van der Waals surface area (Å²) in [6.45, 7) is 8.42. The summed E-state index contributed by atoms with van der Waals surface area (Å²) in [6.07, 6.45) is 5.51. The Hall–Kier alpha value is -2.60. The molecule has 0 amide bonds. The molecule has 0 aliphatic rings. The van der Waals surface area contributed by atoms with Gasteiger partial charge in [0, 0.05) is 23.4 Å². The van der Waals surface area contributed by atoms with E-state index in [1.54, 1.807) is 18.2 Å². The van der Waals surface area contributed by atoms with Gasteiger partial charge in [0.2, 0.25) is 0 Å². The first kappa shape index (κ1) is 23.4. The molecule has 0 aliphatic carbocycles. The zero-order valence-electron chi connectivity index (χ0n) is 16.9. The molecular formula is C21H29ClFN5. The van der Waals surface area contributed by atoms with E-state index >= 15 is 0 Å². The molecular weight excluding hydrogens is 377 g/mol. The fourth-order valence-corrected chi connectivity index (χ4v) is 2.63. The summed E-state index contributed by atoms with van der Waals surface area (Å²) in [5.41, 5.74) is 13.7. The summed E-state index contributed by atoms with van der Waals surface area (Å²) >= 11 is 6.10. The van der Waals surface area contributed by atoms with Crippen molar-refractivity contribution >= 4 is 23.2 Å². The molecule has 152 valence electrons. The maximum Gasteiger partial charge on any atom is 0.145 e. The first-order chi connectivity index (χ1) is 13.4. The Morgan fingerprint density at radius 3 is 2.14 bits per heavy atom. The Labute approximate surface area is 171 Å². The number of rotatable bonds is 4. The molecule has 0 fully saturated rings. The van der Waals surface area contributed by atoms with Gasteiger partial charge in [-0.05, 0) is 29.8 Å². The van der Waals surface area contributed by atoms with E-state index in [-0.39, 0.29) is 0 Å². The largest absolute Gasteiger partial charge is 0.384 e. The third-order valence-corrected chi connectivity index (χ3v) is 4.00. The molecule has 0 saturated carbocycles. The van der Waals surface area contributed by atoms with E-state index in [9.17, 15) is 4.39 Å². The minimum absolute atomic E-state index is 0.311. The molecule has 2 heterocycles.